The zero-order valence-electron chi connectivity index (χ0n) is 18.3. The second kappa shape index (κ2) is 11.5. The van der Waals surface area contributed by atoms with Crippen molar-refractivity contribution in [3.63, 3.8) is 0 Å². The van der Waals surface area contributed by atoms with E-state index in [1.165, 1.54) is 5.56 Å². The van der Waals surface area contributed by atoms with Crippen molar-refractivity contribution in [3.05, 3.63) is 35.9 Å². The highest BCUT2D eigenvalue weighted by atomic mass is 15.3. The van der Waals surface area contributed by atoms with E-state index in [2.05, 4.69) is 43.0 Å². The van der Waals surface area contributed by atoms with E-state index in [-0.39, 0.29) is 25.4 Å². The van der Waals surface area contributed by atoms with E-state index in [4.69, 9.17) is 16.6 Å². The molecule has 4 atom stereocenters. The quantitative estimate of drug-likeness (QED) is 0.430. The molecule has 1 heterocycles. The van der Waals surface area contributed by atoms with Gasteiger partial charge in [0, 0.05) is 36.6 Å². The fourth-order valence-corrected chi connectivity index (χ4v) is 4.53. The molecule has 5 heteroatoms. The molecule has 1 fully saturated rings. The first-order chi connectivity index (χ1) is 13.3. The van der Waals surface area contributed by atoms with Crippen LogP contribution in [-0.2, 0) is 0 Å². The van der Waals surface area contributed by atoms with Gasteiger partial charge >= 0.3 is 0 Å². The number of benzene rings is 1. The van der Waals surface area contributed by atoms with Gasteiger partial charge in [-0.2, -0.15) is 0 Å². The van der Waals surface area contributed by atoms with E-state index in [9.17, 15) is 0 Å². The summed E-state index contributed by atoms with van der Waals surface area (Å²) in [5, 5.41) is 16.7. The van der Waals surface area contributed by atoms with Crippen LogP contribution in [0.15, 0.2) is 30.3 Å². The van der Waals surface area contributed by atoms with Gasteiger partial charge in [0.15, 0.2) is 0 Å². The minimum atomic E-state index is 0. The molecule has 0 amide bonds. The zero-order chi connectivity index (χ0) is 20.8. The van der Waals surface area contributed by atoms with Crippen LogP contribution < -0.4 is 5.73 Å². The van der Waals surface area contributed by atoms with E-state index < -0.39 is 0 Å². The normalized spacial score (nSPS) is 23.3. The molecule has 1 aromatic rings. The highest BCUT2D eigenvalue weighted by molar-refractivity contribution is 5.98. The Hall–Kier alpha value is -1.72. The lowest BCUT2D eigenvalue weighted by molar-refractivity contribution is 0.0559. The summed E-state index contributed by atoms with van der Waals surface area (Å²) < 4.78 is 0. The van der Waals surface area contributed by atoms with Crippen LogP contribution in [0.4, 0.5) is 0 Å². The molecule has 1 saturated heterocycles. The van der Waals surface area contributed by atoms with E-state index in [0.717, 1.165) is 32.2 Å². The lowest BCUT2D eigenvalue weighted by Gasteiger charge is -2.48. The largest absolute Gasteiger partial charge is 0.324 e. The molecule has 4 N–H and O–H groups in total. The Kier molecular flexibility index (Phi) is 10.0. The summed E-state index contributed by atoms with van der Waals surface area (Å²) >= 11 is 0. The molecular formula is C24H43N5. The van der Waals surface area contributed by atoms with Crippen molar-refractivity contribution in [1.29, 1.82) is 10.8 Å². The number of piperidine rings is 1. The summed E-state index contributed by atoms with van der Waals surface area (Å²) in [4.78, 5) is 4.58. The van der Waals surface area contributed by atoms with Crippen LogP contribution >= 0.6 is 0 Å². The molecule has 5 nitrogen and oxygen atoms in total. The van der Waals surface area contributed by atoms with Gasteiger partial charge in [0.05, 0.1) is 5.84 Å². The van der Waals surface area contributed by atoms with Gasteiger partial charge < -0.3 is 10.6 Å². The van der Waals surface area contributed by atoms with Gasteiger partial charge in [0.2, 0.25) is 0 Å². The smallest absolute Gasteiger partial charge is 0.104 e. The van der Waals surface area contributed by atoms with Crippen LogP contribution in [0.3, 0.4) is 0 Å². The number of hydrogen-bond acceptors (Lipinski definition) is 4. The first-order valence-electron chi connectivity index (χ1n) is 10.7. The zero-order valence-corrected chi connectivity index (χ0v) is 18.3. The average Bonchev–Trinajstić information content (AvgIpc) is 2.66. The van der Waals surface area contributed by atoms with Crippen molar-refractivity contribution in [1.82, 2.24) is 9.80 Å². The van der Waals surface area contributed by atoms with Crippen molar-refractivity contribution in [3.8, 4) is 0 Å². The molecule has 0 saturated carbocycles. The lowest BCUT2D eigenvalue weighted by atomic mass is 9.88. The summed E-state index contributed by atoms with van der Waals surface area (Å²) in [5.41, 5.74) is 7.64. The van der Waals surface area contributed by atoms with Crippen LogP contribution in [0.1, 0.15) is 79.3 Å². The average molecular weight is 402 g/mol. The van der Waals surface area contributed by atoms with Gasteiger partial charge in [-0.15, -0.1) is 0 Å². The van der Waals surface area contributed by atoms with Gasteiger partial charge in [0.1, 0.15) is 5.84 Å². The third-order valence-corrected chi connectivity index (χ3v) is 6.12. The van der Waals surface area contributed by atoms with Crippen molar-refractivity contribution in [2.75, 3.05) is 6.54 Å². The monoisotopic (exact) mass is 401 g/mol. The molecule has 4 unspecified atom stereocenters. The molecule has 2 rings (SSSR count). The number of hydrogen-bond donors (Lipinski definition) is 3. The van der Waals surface area contributed by atoms with Crippen LogP contribution in [0.5, 0.6) is 0 Å². The standard InChI is InChI=1S/C23H39N5.CH4/c1-6-20-15-21(28(18(5)24)23(26)16(2)3)14-17(4)27(20)13-12-22(25)19-10-8-7-9-11-19;/h7-11,16-17,20-22,24,26H,6,12-15,25H2,1-5H3;1H4. The highest BCUT2D eigenvalue weighted by Gasteiger charge is 2.37. The molecule has 0 aliphatic carbocycles. The first-order valence-corrected chi connectivity index (χ1v) is 10.7. The number of nitrogens with one attached hydrogen (secondary N) is 2. The number of nitrogens with zero attached hydrogens (tertiary/aromatic N) is 2. The maximum absolute atomic E-state index is 8.49. The Morgan fingerprint density at radius 1 is 1.21 bits per heavy atom. The second-order valence-corrected chi connectivity index (χ2v) is 8.58. The second-order valence-electron chi connectivity index (χ2n) is 8.58. The van der Waals surface area contributed by atoms with E-state index in [1.807, 2.05) is 31.7 Å². The molecule has 1 aliphatic heterocycles. The molecule has 1 aliphatic rings. The van der Waals surface area contributed by atoms with Crippen LogP contribution in [0.25, 0.3) is 0 Å². The Labute approximate surface area is 178 Å². The summed E-state index contributed by atoms with van der Waals surface area (Å²) in [6, 6.07) is 11.6. The lowest BCUT2D eigenvalue weighted by Crippen LogP contribution is -2.56. The van der Waals surface area contributed by atoms with Crippen LogP contribution in [-0.4, -0.2) is 46.1 Å². The maximum Gasteiger partial charge on any atom is 0.104 e. The number of likely N-dealkylation sites (tertiary alicyclic amines) is 1. The fourth-order valence-electron chi connectivity index (χ4n) is 4.53. The molecule has 0 radical (unpaired) electrons. The molecule has 0 bridgehead atoms. The fraction of sp³-hybridized carbons (Fsp3) is 0.667. The van der Waals surface area contributed by atoms with Crippen molar-refractivity contribution in [2.45, 2.75) is 91.9 Å². The molecule has 1 aromatic carbocycles. The highest BCUT2D eigenvalue weighted by Crippen LogP contribution is 2.30. The van der Waals surface area contributed by atoms with Gasteiger partial charge in [-0.25, -0.2) is 0 Å². The van der Waals surface area contributed by atoms with Crippen LogP contribution in [0.2, 0.25) is 0 Å². The van der Waals surface area contributed by atoms with Gasteiger partial charge in [-0.1, -0.05) is 58.5 Å². The minimum absolute atomic E-state index is 0. The maximum atomic E-state index is 8.49. The SMILES string of the molecule is C.CCC1CC(N(C(C)=N)C(=N)C(C)C)CC(C)N1CCC(N)c1ccccc1. The number of nitrogens with two attached hydrogens (primary N) is 1. The molecule has 164 valence electrons. The first kappa shape index (κ1) is 25.3. The predicted molar refractivity (Wildman–Crippen MR) is 126 cm³/mol. The number of rotatable bonds is 7. The summed E-state index contributed by atoms with van der Waals surface area (Å²) in [6.45, 7) is 11.4. The van der Waals surface area contributed by atoms with E-state index >= 15 is 0 Å². The van der Waals surface area contributed by atoms with Crippen molar-refractivity contribution in [2.24, 2.45) is 11.7 Å². The summed E-state index contributed by atoms with van der Waals surface area (Å²) in [6.07, 6.45) is 4.03. The van der Waals surface area contributed by atoms with Crippen molar-refractivity contribution >= 4 is 11.7 Å². The predicted octanol–water partition coefficient (Wildman–Crippen LogP) is 5.28. The topological polar surface area (TPSA) is 80.2 Å². The Morgan fingerprint density at radius 3 is 2.34 bits per heavy atom. The molecule has 29 heavy (non-hydrogen) atoms. The van der Waals surface area contributed by atoms with Gasteiger partial charge in [0.25, 0.3) is 0 Å². The molecular weight excluding hydrogens is 358 g/mol. The Bertz CT molecular complexity index is 642. The molecule has 0 aromatic heterocycles. The Morgan fingerprint density at radius 2 is 1.83 bits per heavy atom. The van der Waals surface area contributed by atoms with Crippen LogP contribution in [0, 0.1) is 16.7 Å². The summed E-state index contributed by atoms with van der Waals surface area (Å²) in [5.74, 6) is 1.20. The van der Waals surface area contributed by atoms with Crippen molar-refractivity contribution < 1.29 is 0 Å². The minimum Gasteiger partial charge on any atom is -0.324 e. The summed E-state index contributed by atoms with van der Waals surface area (Å²) in [7, 11) is 0. The van der Waals surface area contributed by atoms with Gasteiger partial charge in [-0.3, -0.25) is 15.7 Å². The van der Waals surface area contributed by atoms with E-state index in [1.54, 1.807) is 0 Å². The Balaban J connectivity index is 0.00000420. The van der Waals surface area contributed by atoms with E-state index in [0.29, 0.717) is 23.8 Å². The van der Waals surface area contributed by atoms with Gasteiger partial charge in [-0.05, 0) is 45.1 Å². The third kappa shape index (κ3) is 6.38. The third-order valence-electron chi connectivity index (χ3n) is 6.12. The number of amidine groups is 2. The molecule has 0 spiro atoms.